The highest BCUT2D eigenvalue weighted by Crippen LogP contribution is 2.56. The second kappa shape index (κ2) is 14.8. The molecule has 6 aromatic carbocycles. The fourth-order valence-corrected chi connectivity index (χ4v) is 8.22. The molecule has 8 rings (SSSR count). The number of carbonyl (C=O) groups is 1. The molecule has 2 aliphatic heterocycles. The summed E-state index contributed by atoms with van der Waals surface area (Å²) < 4.78 is 13.1. The number of rotatable bonds is 8. The Morgan fingerprint density at radius 2 is 1.14 bits per heavy atom. The van der Waals surface area contributed by atoms with E-state index >= 15 is 0 Å². The lowest BCUT2D eigenvalue weighted by atomic mass is 9.74. The first-order valence-electron chi connectivity index (χ1n) is 18.3. The highest BCUT2D eigenvalue weighted by Gasteiger charge is 2.51. The molecule has 6 atom stereocenters. The maximum Gasteiger partial charge on any atom is 0.173 e. The van der Waals surface area contributed by atoms with E-state index < -0.39 is 53.5 Å². The summed E-state index contributed by atoms with van der Waals surface area (Å²) in [5.41, 5.74) is 1.98. The van der Waals surface area contributed by atoms with Crippen molar-refractivity contribution in [2.45, 2.75) is 37.3 Å². The Hall–Kier alpha value is -7.09. The molecule has 0 unspecified atom stereocenters. The van der Waals surface area contributed by atoms with E-state index in [0.29, 0.717) is 16.7 Å². The summed E-state index contributed by atoms with van der Waals surface area (Å²) in [5, 5.41) is 107. The second-order valence-corrected chi connectivity index (χ2v) is 14.6. The molecule has 0 saturated carbocycles. The lowest BCUT2D eigenvalue weighted by Gasteiger charge is -2.33. The number of hydrogen-bond acceptors (Lipinski definition) is 13. The molecule has 1 saturated heterocycles. The van der Waals surface area contributed by atoms with Gasteiger partial charge >= 0.3 is 0 Å². The van der Waals surface area contributed by atoms with Crippen molar-refractivity contribution < 1.29 is 65.3 Å². The van der Waals surface area contributed by atoms with Gasteiger partial charge in [0.2, 0.25) is 0 Å². The molecule has 2 heterocycles. The summed E-state index contributed by atoms with van der Waals surface area (Å²) in [6.45, 7) is 0. The molecule has 13 heteroatoms. The van der Waals surface area contributed by atoms with Crippen LogP contribution in [0.15, 0.2) is 109 Å². The summed E-state index contributed by atoms with van der Waals surface area (Å²) in [6, 6.07) is 25.0. The molecule has 0 radical (unpaired) electrons. The van der Waals surface area contributed by atoms with Gasteiger partial charge in [0.1, 0.15) is 63.6 Å². The van der Waals surface area contributed by atoms with Gasteiger partial charge < -0.3 is 60.5 Å². The standard InChI is InChI=1S/C45H38O13/c46-24-6-1-21(2-7-24)42-38(55)19-32-36(53)20-37(54)39(45(32)57-42)31-16-26(48)10-5-23(31)15-33-40(41(56)29-13-11-27(49)17-34(29)51)43(22-3-8-25(47)9-4-22)58-44(33)30-14-12-28(50)18-35(30)52/h1-14,16-18,20,33,38,40,42-44,46-55H,15,19H2/t33-,38+,40-,42-,43+,44-/m1/s1. The van der Waals surface area contributed by atoms with E-state index in [1.54, 1.807) is 30.3 Å². The third kappa shape index (κ3) is 6.86. The monoisotopic (exact) mass is 786 g/mol. The van der Waals surface area contributed by atoms with Crippen molar-refractivity contribution in [1.29, 1.82) is 0 Å². The van der Waals surface area contributed by atoms with E-state index in [0.717, 1.165) is 18.2 Å². The highest BCUT2D eigenvalue weighted by molar-refractivity contribution is 6.01. The van der Waals surface area contributed by atoms with E-state index in [1.165, 1.54) is 60.7 Å². The van der Waals surface area contributed by atoms with Crippen LogP contribution in [-0.4, -0.2) is 63.0 Å². The lowest BCUT2D eigenvalue weighted by Crippen LogP contribution is -2.30. The third-order valence-electron chi connectivity index (χ3n) is 10.9. The number of phenolic OH excluding ortho intramolecular Hbond substituents is 9. The molecule has 0 aliphatic carbocycles. The maximum atomic E-state index is 14.8. The van der Waals surface area contributed by atoms with Gasteiger partial charge in [0.25, 0.3) is 0 Å². The normalized spacial score (nSPS) is 21.3. The summed E-state index contributed by atoms with van der Waals surface area (Å²) in [4.78, 5) is 14.8. The minimum Gasteiger partial charge on any atom is -0.508 e. The zero-order valence-corrected chi connectivity index (χ0v) is 30.5. The van der Waals surface area contributed by atoms with Crippen LogP contribution < -0.4 is 4.74 Å². The number of aliphatic hydroxyl groups is 1. The van der Waals surface area contributed by atoms with Crippen LogP contribution in [0.5, 0.6) is 57.5 Å². The van der Waals surface area contributed by atoms with Gasteiger partial charge in [-0.25, -0.2) is 0 Å². The van der Waals surface area contributed by atoms with E-state index in [2.05, 4.69) is 0 Å². The number of benzene rings is 6. The predicted octanol–water partition coefficient (Wildman–Crippen LogP) is 6.91. The number of phenols is 9. The molecule has 0 spiro atoms. The van der Waals surface area contributed by atoms with Crippen LogP contribution in [0, 0.1) is 11.8 Å². The molecule has 6 aromatic rings. The Balaban J connectivity index is 1.31. The van der Waals surface area contributed by atoms with E-state index in [4.69, 9.17) is 9.47 Å². The average molecular weight is 787 g/mol. The minimum atomic E-state index is -1.14. The first-order chi connectivity index (χ1) is 27.8. The van der Waals surface area contributed by atoms with Crippen LogP contribution in [0.3, 0.4) is 0 Å². The molecular weight excluding hydrogens is 748 g/mol. The van der Waals surface area contributed by atoms with Crippen molar-refractivity contribution in [1.82, 2.24) is 0 Å². The van der Waals surface area contributed by atoms with Gasteiger partial charge in [-0.2, -0.15) is 0 Å². The Bertz CT molecular complexity index is 2530. The third-order valence-corrected chi connectivity index (χ3v) is 10.9. The minimum absolute atomic E-state index is 0.00490. The lowest BCUT2D eigenvalue weighted by molar-refractivity contribution is 0.0202. The van der Waals surface area contributed by atoms with Crippen LogP contribution in [0.1, 0.15) is 56.5 Å². The predicted molar refractivity (Wildman–Crippen MR) is 207 cm³/mol. The number of ketones is 1. The van der Waals surface area contributed by atoms with Crippen molar-refractivity contribution >= 4 is 5.78 Å². The fraction of sp³-hybridized carbons (Fsp3) is 0.178. The fourth-order valence-electron chi connectivity index (χ4n) is 8.22. The van der Waals surface area contributed by atoms with E-state index in [9.17, 15) is 55.9 Å². The van der Waals surface area contributed by atoms with Gasteiger partial charge in [-0.1, -0.05) is 30.3 Å². The van der Waals surface area contributed by atoms with Crippen LogP contribution in [0.25, 0.3) is 11.1 Å². The molecule has 10 N–H and O–H groups in total. The van der Waals surface area contributed by atoms with Crippen LogP contribution >= 0.6 is 0 Å². The SMILES string of the molecule is O=C(c1ccc(O)cc1O)[C@H]1[C@@H](Cc2ccc(O)cc2-c2c(O)cc(O)c3c2O[C@H](c2ccc(O)cc2)[C@@H](O)C3)[C@@H](c2ccc(O)cc2O)O[C@H]1c1ccc(O)cc1. The van der Waals surface area contributed by atoms with Crippen LogP contribution in [0.4, 0.5) is 0 Å². The molecule has 296 valence electrons. The number of fused-ring (bicyclic) bond motifs is 1. The highest BCUT2D eigenvalue weighted by atomic mass is 16.5. The van der Waals surface area contributed by atoms with Gasteiger partial charge in [-0.15, -0.1) is 0 Å². The number of aliphatic hydroxyl groups excluding tert-OH is 1. The van der Waals surface area contributed by atoms with Crippen molar-refractivity contribution in [3.8, 4) is 68.6 Å². The topological polar surface area (TPSA) is 238 Å². The number of Topliss-reactive ketones (excluding diaryl/α,β-unsaturated/α-hetero) is 1. The van der Waals surface area contributed by atoms with E-state index in [1.807, 2.05) is 0 Å². The van der Waals surface area contributed by atoms with Gasteiger partial charge in [-0.05, 0) is 89.3 Å². The van der Waals surface area contributed by atoms with Crippen LogP contribution in [-0.2, 0) is 17.6 Å². The Labute approximate surface area is 330 Å². The number of carbonyl (C=O) groups excluding carboxylic acids is 1. The van der Waals surface area contributed by atoms with E-state index in [-0.39, 0.29) is 86.7 Å². The van der Waals surface area contributed by atoms with Crippen LogP contribution in [0.2, 0.25) is 0 Å². The maximum absolute atomic E-state index is 14.8. The van der Waals surface area contributed by atoms with Gasteiger partial charge in [-0.3, -0.25) is 4.79 Å². The summed E-state index contributed by atoms with van der Waals surface area (Å²) in [5.74, 6) is -4.94. The number of ether oxygens (including phenoxy) is 2. The summed E-state index contributed by atoms with van der Waals surface area (Å²) >= 11 is 0. The molecule has 0 amide bonds. The summed E-state index contributed by atoms with van der Waals surface area (Å²) in [6.07, 6.45) is -4.39. The van der Waals surface area contributed by atoms with Gasteiger partial charge in [0, 0.05) is 41.7 Å². The largest absolute Gasteiger partial charge is 0.508 e. The van der Waals surface area contributed by atoms with Crippen molar-refractivity contribution in [3.63, 3.8) is 0 Å². The van der Waals surface area contributed by atoms with Crippen molar-refractivity contribution in [3.05, 3.63) is 143 Å². The summed E-state index contributed by atoms with van der Waals surface area (Å²) in [7, 11) is 0. The Morgan fingerprint density at radius 3 is 1.78 bits per heavy atom. The first-order valence-corrected chi connectivity index (χ1v) is 18.3. The quantitative estimate of drug-likeness (QED) is 0.0707. The zero-order valence-electron chi connectivity index (χ0n) is 30.5. The van der Waals surface area contributed by atoms with Crippen molar-refractivity contribution in [2.75, 3.05) is 0 Å². The molecule has 1 fully saturated rings. The molecule has 13 nitrogen and oxygen atoms in total. The first kappa shape index (κ1) is 37.8. The number of aromatic hydroxyl groups is 9. The molecule has 0 aromatic heterocycles. The number of hydrogen-bond donors (Lipinski definition) is 10. The van der Waals surface area contributed by atoms with Gasteiger partial charge in [0.15, 0.2) is 5.78 Å². The van der Waals surface area contributed by atoms with Gasteiger partial charge in [0.05, 0.1) is 35.4 Å². The average Bonchev–Trinajstić information content (AvgIpc) is 3.54. The smallest absolute Gasteiger partial charge is 0.173 e. The Morgan fingerprint density at radius 1 is 0.569 bits per heavy atom. The molecule has 2 aliphatic rings. The molecule has 58 heavy (non-hydrogen) atoms. The zero-order chi connectivity index (χ0) is 41.0. The molecular formula is C45H38O13. The molecule has 0 bridgehead atoms. The Kier molecular flexibility index (Phi) is 9.63. The van der Waals surface area contributed by atoms with Crippen molar-refractivity contribution in [2.24, 2.45) is 11.8 Å². The second-order valence-electron chi connectivity index (χ2n) is 14.6.